The first-order valence-electron chi connectivity index (χ1n) is 15.2. The van der Waals surface area contributed by atoms with Crippen LogP contribution < -0.4 is 9.64 Å². The molecule has 1 atom stereocenters. The van der Waals surface area contributed by atoms with Crippen molar-refractivity contribution >= 4 is 47.3 Å². The molecule has 12 nitrogen and oxygen atoms in total. The number of benzene rings is 1. The van der Waals surface area contributed by atoms with E-state index in [0.717, 1.165) is 11.8 Å². The summed E-state index contributed by atoms with van der Waals surface area (Å²) < 4.78 is 37.0. The summed E-state index contributed by atoms with van der Waals surface area (Å²) >= 11 is 12.7. The first-order chi connectivity index (χ1) is 22.4. The van der Waals surface area contributed by atoms with Gasteiger partial charge in [-0.15, -0.1) is 0 Å². The summed E-state index contributed by atoms with van der Waals surface area (Å²) in [6, 6.07) is 3.95. The molecular weight excluding hydrogens is 668 g/mol. The Bertz CT molecular complexity index is 1680. The number of hydrogen-bond acceptors (Lipinski definition) is 10. The van der Waals surface area contributed by atoms with Crippen molar-refractivity contribution < 1.29 is 37.7 Å². The van der Waals surface area contributed by atoms with Crippen molar-refractivity contribution in [3.63, 3.8) is 0 Å². The Morgan fingerprint density at radius 3 is 2.25 bits per heavy atom. The van der Waals surface area contributed by atoms with Gasteiger partial charge in [0.1, 0.15) is 23.1 Å². The van der Waals surface area contributed by atoms with Gasteiger partial charge in [0.05, 0.1) is 41.5 Å². The van der Waals surface area contributed by atoms with Gasteiger partial charge in [-0.1, -0.05) is 23.2 Å². The fourth-order valence-corrected chi connectivity index (χ4v) is 5.34. The molecule has 0 bridgehead atoms. The van der Waals surface area contributed by atoms with E-state index in [2.05, 4.69) is 9.97 Å². The molecule has 258 valence electrons. The molecule has 3 aromatic rings. The number of halogens is 3. The average Bonchev–Trinajstić information content (AvgIpc) is 2.97. The molecule has 1 aliphatic rings. The second-order valence-electron chi connectivity index (χ2n) is 12.9. The van der Waals surface area contributed by atoms with Gasteiger partial charge in [0.2, 0.25) is 0 Å². The predicted octanol–water partition coefficient (Wildman–Crippen LogP) is 8.32. The predicted molar refractivity (Wildman–Crippen MR) is 177 cm³/mol. The molecule has 0 fully saturated rings. The van der Waals surface area contributed by atoms with E-state index in [9.17, 15) is 18.8 Å². The second-order valence-corrected chi connectivity index (χ2v) is 13.7. The fourth-order valence-electron chi connectivity index (χ4n) is 4.66. The van der Waals surface area contributed by atoms with Gasteiger partial charge < -0.3 is 23.8 Å². The highest BCUT2D eigenvalue weighted by Gasteiger charge is 2.36. The largest absolute Gasteiger partial charge is 0.482 e. The van der Waals surface area contributed by atoms with Gasteiger partial charge in [-0.25, -0.2) is 28.7 Å². The lowest BCUT2D eigenvalue weighted by atomic mass is 10.1. The summed E-state index contributed by atoms with van der Waals surface area (Å²) in [5.41, 5.74) is 0.172. The molecule has 1 unspecified atom stereocenters. The molecule has 0 N–H and O–H groups in total. The Kier molecular flexibility index (Phi) is 11.0. The topological polar surface area (TPSA) is 133 Å². The number of hydrogen-bond donors (Lipinski definition) is 0. The average molecular weight is 707 g/mol. The van der Waals surface area contributed by atoms with Crippen LogP contribution in [0.1, 0.15) is 78.4 Å². The molecule has 1 aromatic carbocycles. The minimum absolute atomic E-state index is 0.110. The SMILES string of the molecule is CCOC(=O)N1CCc2ncc(-c3cnc(N(C(=O)OC(C)(C)C)C(=O)OC(C)(C)C)c(OC(C)c4c(Cl)ccc(F)c4Cl)c3)nc2C1. The van der Waals surface area contributed by atoms with Gasteiger partial charge in [0, 0.05) is 35.3 Å². The van der Waals surface area contributed by atoms with Gasteiger partial charge in [-0.05, 0) is 73.6 Å². The molecule has 2 aromatic heterocycles. The van der Waals surface area contributed by atoms with Crippen LogP contribution in [0.25, 0.3) is 11.3 Å². The molecule has 3 heterocycles. The quantitative estimate of drug-likeness (QED) is 0.182. The minimum atomic E-state index is -1.08. The maximum Gasteiger partial charge on any atom is 0.425 e. The number of aromatic nitrogens is 3. The van der Waals surface area contributed by atoms with E-state index in [1.165, 1.54) is 23.2 Å². The van der Waals surface area contributed by atoms with Gasteiger partial charge in [0.25, 0.3) is 0 Å². The Labute approximate surface area is 288 Å². The number of nitrogens with zero attached hydrogens (tertiary/aromatic N) is 5. The van der Waals surface area contributed by atoms with E-state index >= 15 is 0 Å². The second kappa shape index (κ2) is 14.5. The monoisotopic (exact) mass is 705 g/mol. The molecule has 0 aliphatic carbocycles. The number of pyridine rings is 1. The van der Waals surface area contributed by atoms with Crippen molar-refractivity contribution in [3.8, 4) is 17.0 Å². The summed E-state index contributed by atoms with van der Waals surface area (Å²) in [7, 11) is 0. The molecule has 0 saturated heterocycles. The Morgan fingerprint density at radius 2 is 1.65 bits per heavy atom. The summed E-state index contributed by atoms with van der Waals surface area (Å²) in [6.45, 7) is 14.0. The molecule has 48 heavy (non-hydrogen) atoms. The van der Waals surface area contributed by atoms with Crippen molar-refractivity contribution in [3.05, 3.63) is 63.4 Å². The van der Waals surface area contributed by atoms with Crippen molar-refractivity contribution in [1.29, 1.82) is 0 Å². The first kappa shape index (κ1) is 36.6. The lowest BCUT2D eigenvalue weighted by molar-refractivity contribution is 0.0426. The summed E-state index contributed by atoms with van der Waals surface area (Å²) in [5.74, 6) is -1.11. The van der Waals surface area contributed by atoms with E-state index in [1.807, 2.05) is 0 Å². The van der Waals surface area contributed by atoms with Gasteiger partial charge in [-0.3, -0.25) is 4.98 Å². The zero-order valence-corrected chi connectivity index (χ0v) is 29.5. The van der Waals surface area contributed by atoms with E-state index in [-0.39, 0.29) is 40.3 Å². The maximum absolute atomic E-state index is 14.5. The number of amides is 3. The third kappa shape index (κ3) is 8.81. The molecule has 15 heteroatoms. The zero-order chi connectivity index (χ0) is 35.6. The number of imide groups is 1. The van der Waals surface area contributed by atoms with Gasteiger partial charge >= 0.3 is 18.3 Å². The van der Waals surface area contributed by atoms with Crippen molar-refractivity contribution in [2.45, 2.75) is 85.7 Å². The Balaban J connectivity index is 1.85. The molecule has 1 aliphatic heterocycles. The van der Waals surface area contributed by atoms with Gasteiger partial charge in [-0.2, -0.15) is 4.90 Å². The van der Waals surface area contributed by atoms with Crippen molar-refractivity contribution in [1.82, 2.24) is 19.9 Å². The Hall–Kier alpha value is -4.23. The lowest BCUT2D eigenvalue weighted by Crippen LogP contribution is -2.44. The van der Waals surface area contributed by atoms with Gasteiger partial charge in [0.15, 0.2) is 11.6 Å². The van der Waals surface area contributed by atoms with E-state index in [4.69, 9.17) is 47.1 Å². The zero-order valence-electron chi connectivity index (χ0n) is 28.0. The first-order valence-corrected chi connectivity index (χ1v) is 16.0. The van der Waals surface area contributed by atoms with Crippen LogP contribution in [0.15, 0.2) is 30.6 Å². The molecule has 3 amide bonds. The minimum Gasteiger partial charge on any atom is -0.482 e. The Morgan fingerprint density at radius 1 is 1.00 bits per heavy atom. The van der Waals surface area contributed by atoms with Crippen LogP contribution in [0.3, 0.4) is 0 Å². The van der Waals surface area contributed by atoms with E-state index in [0.29, 0.717) is 34.8 Å². The van der Waals surface area contributed by atoms with E-state index in [1.54, 1.807) is 61.6 Å². The third-order valence-corrected chi connectivity index (χ3v) is 7.41. The summed E-state index contributed by atoms with van der Waals surface area (Å²) in [6.07, 6.45) is -0.219. The summed E-state index contributed by atoms with van der Waals surface area (Å²) in [5, 5.41) is -0.133. The smallest absolute Gasteiger partial charge is 0.425 e. The normalized spacial score (nSPS) is 13.7. The highest BCUT2D eigenvalue weighted by atomic mass is 35.5. The van der Waals surface area contributed by atoms with E-state index < -0.39 is 41.4 Å². The summed E-state index contributed by atoms with van der Waals surface area (Å²) in [4.78, 5) is 55.4. The van der Waals surface area contributed by atoms with Crippen LogP contribution >= 0.6 is 23.2 Å². The van der Waals surface area contributed by atoms with Crippen molar-refractivity contribution in [2.24, 2.45) is 0 Å². The number of anilines is 1. The fraction of sp³-hybridized carbons (Fsp3) is 0.455. The highest BCUT2D eigenvalue weighted by molar-refractivity contribution is 6.36. The maximum atomic E-state index is 14.5. The molecule has 4 rings (SSSR count). The van der Waals surface area contributed by atoms with Crippen LogP contribution in [0, 0.1) is 5.82 Å². The lowest BCUT2D eigenvalue weighted by Gasteiger charge is -2.29. The van der Waals surface area contributed by atoms with Crippen molar-refractivity contribution in [2.75, 3.05) is 18.1 Å². The molecule has 0 spiro atoms. The number of carbonyl (C=O) groups is 3. The van der Waals surface area contributed by atoms with Crippen LogP contribution in [0.4, 0.5) is 24.6 Å². The molecule has 0 radical (unpaired) electrons. The number of ether oxygens (including phenoxy) is 4. The number of rotatable bonds is 6. The molecule has 0 saturated carbocycles. The van der Waals surface area contributed by atoms with Crippen LogP contribution in [0.2, 0.25) is 10.0 Å². The highest BCUT2D eigenvalue weighted by Crippen LogP contribution is 2.39. The number of carbonyl (C=O) groups excluding carboxylic acids is 3. The number of fused-ring (bicyclic) bond motifs is 1. The third-order valence-electron chi connectivity index (χ3n) is 6.70. The van der Waals surface area contributed by atoms with Crippen LogP contribution in [-0.4, -0.2) is 62.5 Å². The van der Waals surface area contributed by atoms with Crippen LogP contribution in [-0.2, 0) is 27.2 Å². The van der Waals surface area contributed by atoms with Crippen LogP contribution in [0.5, 0.6) is 5.75 Å². The standard InChI is InChI=1S/C33H38Cl2FN5O7/c1-9-45-29(42)40-13-12-22-24(17-40)39-23(16-37-22)19-14-25(46-18(2)26-20(34)10-11-21(36)27(26)35)28(38-15-19)41(30(43)47-32(3,4)5)31(44)48-33(6,7)8/h10-11,14-16,18H,9,12-13,17H2,1-8H3. The molecular formula is C33H38Cl2FN5O7.